The summed E-state index contributed by atoms with van der Waals surface area (Å²) in [4.78, 5) is 12.5. The summed E-state index contributed by atoms with van der Waals surface area (Å²) < 4.78 is 41.0. The van der Waals surface area contributed by atoms with E-state index in [1.807, 2.05) is 67.5 Å². The Kier molecular flexibility index (Phi) is 6.71. The zero-order chi connectivity index (χ0) is 24.8. The van der Waals surface area contributed by atoms with Crippen LogP contribution in [0.25, 0.3) is 0 Å². The van der Waals surface area contributed by atoms with Crippen molar-refractivity contribution in [2.75, 3.05) is 5.32 Å². The van der Waals surface area contributed by atoms with E-state index < -0.39 is 34.4 Å². The highest BCUT2D eigenvalue weighted by molar-refractivity contribution is 7.90. The molecule has 1 aromatic heterocycles. The van der Waals surface area contributed by atoms with Crippen LogP contribution in [0.15, 0.2) is 35.5 Å². The summed E-state index contributed by atoms with van der Waals surface area (Å²) in [6, 6.07) is 4.61. The Morgan fingerprint density at radius 3 is 2.21 bits per heavy atom. The minimum Gasteiger partial charge on any atom is -0.399 e. The van der Waals surface area contributed by atoms with Gasteiger partial charge in [-0.25, -0.2) is 17.9 Å². The lowest BCUT2D eigenvalue weighted by Gasteiger charge is -2.32. The van der Waals surface area contributed by atoms with Crippen LogP contribution < -0.4 is 15.5 Å². The summed E-state index contributed by atoms with van der Waals surface area (Å²) in [6.07, 6.45) is 2.60. The van der Waals surface area contributed by atoms with E-state index in [0.29, 0.717) is 5.69 Å². The number of carbonyl (C=O) groups excluding carboxylic acids is 1. The normalized spacial score (nSPS) is 17.6. The molecule has 2 aromatic rings. The van der Waals surface area contributed by atoms with Crippen molar-refractivity contribution in [1.29, 1.82) is 0 Å². The third-order valence-electron chi connectivity index (χ3n) is 6.12. The van der Waals surface area contributed by atoms with E-state index in [0.717, 1.165) is 11.0 Å². The van der Waals surface area contributed by atoms with Crippen molar-refractivity contribution in [3.63, 3.8) is 0 Å². The number of benzene rings is 1. The van der Waals surface area contributed by atoms with E-state index in [-0.39, 0.29) is 16.9 Å². The quantitative estimate of drug-likeness (QED) is 0.619. The monoisotopic (exact) mass is 476 g/mol. The number of sulfonamides is 1. The average Bonchev–Trinajstić information content (AvgIpc) is 3.25. The Bertz CT molecular complexity index is 1130. The lowest BCUT2D eigenvalue weighted by molar-refractivity contribution is 0.00578. The summed E-state index contributed by atoms with van der Waals surface area (Å²) in [5.74, 6) is 0.0588. The molecule has 1 aliphatic rings. The Balaban J connectivity index is 1.78. The second-order valence-corrected chi connectivity index (χ2v) is 11.6. The fraction of sp³-hybridized carbons (Fsp3) is 0.545. The molecule has 0 spiro atoms. The van der Waals surface area contributed by atoms with Crippen LogP contribution in [0, 0.1) is 0 Å². The van der Waals surface area contributed by atoms with Gasteiger partial charge in [0.25, 0.3) is 10.0 Å². The second kappa shape index (κ2) is 8.77. The molecule has 180 valence electrons. The highest BCUT2D eigenvalue weighted by atomic mass is 32.2. The zero-order valence-corrected chi connectivity index (χ0v) is 21.3. The van der Waals surface area contributed by atoms with Gasteiger partial charge >= 0.3 is 13.1 Å². The largest absolute Gasteiger partial charge is 0.494 e. The molecular formula is C22H33BN4O5S. The van der Waals surface area contributed by atoms with Gasteiger partial charge in [-0.1, -0.05) is 26.0 Å². The van der Waals surface area contributed by atoms with Crippen LogP contribution in [0.2, 0.25) is 0 Å². The predicted octanol–water partition coefficient (Wildman–Crippen LogP) is 3.40. The van der Waals surface area contributed by atoms with Crippen molar-refractivity contribution in [2.45, 2.75) is 83.4 Å². The maximum atomic E-state index is 12.6. The van der Waals surface area contributed by atoms with Crippen molar-refractivity contribution in [3.05, 3.63) is 36.2 Å². The van der Waals surface area contributed by atoms with Gasteiger partial charge in [-0.3, -0.25) is 4.68 Å². The van der Waals surface area contributed by atoms with Crippen LogP contribution in [0.3, 0.4) is 0 Å². The molecule has 1 fully saturated rings. The van der Waals surface area contributed by atoms with Crippen molar-refractivity contribution in [2.24, 2.45) is 0 Å². The minimum atomic E-state index is -4.06. The summed E-state index contributed by atoms with van der Waals surface area (Å²) >= 11 is 0. The smallest absolute Gasteiger partial charge is 0.399 e. The molecular weight excluding hydrogens is 443 g/mol. The van der Waals surface area contributed by atoms with Gasteiger partial charge in [0.05, 0.1) is 17.4 Å². The molecule has 0 saturated carbocycles. The first-order chi connectivity index (χ1) is 15.1. The van der Waals surface area contributed by atoms with E-state index in [2.05, 4.69) is 15.1 Å². The molecule has 0 radical (unpaired) electrons. The zero-order valence-electron chi connectivity index (χ0n) is 20.5. The Morgan fingerprint density at radius 1 is 1.09 bits per heavy atom. The molecule has 0 atom stereocenters. The fourth-order valence-electron chi connectivity index (χ4n) is 3.37. The topological polar surface area (TPSA) is 112 Å². The van der Waals surface area contributed by atoms with Gasteiger partial charge in [0.1, 0.15) is 4.90 Å². The Hall–Kier alpha value is -2.37. The second-order valence-electron chi connectivity index (χ2n) is 9.90. The molecule has 0 bridgehead atoms. The third-order valence-corrected chi connectivity index (χ3v) is 7.40. The van der Waals surface area contributed by atoms with Crippen LogP contribution in [-0.2, 0) is 19.3 Å². The SMILES string of the molecule is CC(C)c1cc(B2OC(C)(C)C(C)(C)O2)ccc1NC(=O)NS(=O)(=O)c1cnn(C(C)C)c1. The summed E-state index contributed by atoms with van der Waals surface area (Å²) in [6.45, 7) is 15.7. The van der Waals surface area contributed by atoms with E-state index in [4.69, 9.17) is 9.31 Å². The first-order valence-electron chi connectivity index (χ1n) is 11.0. The molecule has 11 heteroatoms. The van der Waals surface area contributed by atoms with Crippen LogP contribution in [0.5, 0.6) is 0 Å². The number of nitrogens with zero attached hydrogens (tertiary/aromatic N) is 2. The first kappa shape index (κ1) is 25.3. The van der Waals surface area contributed by atoms with Crippen molar-refractivity contribution >= 4 is 34.3 Å². The van der Waals surface area contributed by atoms with Gasteiger partial charge < -0.3 is 14.6 Å². The highest BCUT2D eigenvalue weighted by Crippen LogP contribution is 2.37. The summed E-state index contributed by atoms with van der Waals surface area (Å²) in [5.41, 5.74) is 1.24. The number of anilines is 1. The van der Waals surface area contributed by atoms with Crippen molar-refractivity contribution in [1.82, 2.24) is 14.5 Å². The lowest BCUT2D eigenvalue weighted by atomic mass is 9.77. The van der Waals surface area contributed by atoms with Gasteiger partial charge in [0.15, 0.2) is 0 Å². The van der Waals surface area contributed by atoms with Gasteiger partial charge in [0.2, 0.25) is 0 Å². The van der Waals surface area contributed by atoms with E-state index >= 15 is 0 Å². The fourth-order valence-corrected chi connectivity index (χ4v) is 4.21. The number of urea groups is 1. The summed E-state index contributed by atoms with van der Waals surface area (Å²) in [7, 11) is -4.59. The summed E-state index contributed by atoms with van der Waals surface area (Å²) in [5, 5.41) is 6.68. The Morgan fingerprint density at radius 2 is 1.70 bits per heavy atom. The molecule has 2 N–H and O–H groups in total. The van der Waals surface area contributed by atoms with E-state index in [1.165, 1.54) is 17.1 Å². The maximum absolute atomic E-state index is 12.6. The Labute approximate surface area is 196 Å². The van der Waals surface area contributed by atoms with Crippen LogP contribution >= 0.6 is 0 Å². The van der Waals surface area contributed by atoms with Crippen molar-refractivity contribution in [3.8, 4) is 0 Å². The molecule has 3 rings (SSSR count). The van der Waals surface area contributed by atoms with Crippen LogP contribution in [0.1, 0.15) is 72.9 Å². The van der Waals surface area contributed by atoms with Gasteiger partial charge in [-0.2, -0.15) is 5.10 Å². The van der Waals surface area contributed by atoms with Crippen molar-refractivity contribution < 1.29 is 22.5 Å². The molecule has 2 heterocycles. The standard InChI is InChI=1S/C22H33BN4O5S/c1-14(2)18-11-16(23-31-21(5,6)22(7,8)32-23)9-10-19(18)25-20(28)26-33(29,30)17-12-24-27(13-17)15(3)4/h9-15H,1-8H3,(H2,25,26,28). The number of hydrogen-bond acceptors (Lipinski definition) is 6. The van der Waals surface area contributed by atoms with Gasteiger partial charge in [0, 0.05) is 17.9 Å². The molecule has 33 heavy (non-hydrogen) atoms. The number of rotatable bonds is 6. The third kappa shape index (κ3) is 5.25. The van der Waals surface area contributed by atoms with Gasteiger partial charge in [-0.05, 0) is 64.6 Å². The van der Waals surface area contributed by atoms with E-state index in [1.54, 1.807) is 6.07 Å². The molecule has 1 aromatic carbocycles. The number of amides is 2. The molecule has 1 saturated heterocycles. The first-order valence-corrected chi connectivity index (χ1v) is 12.5. The minimum absolute atomic E-state index is 0.00105. The predicted molar refractivity (Wildman–Crippen MR) is 128 cm³/mol. The van der Waals surface area contributed by atoms with Crippen LogP contribution in [-0.4, -0.2) is 42.5 Å². The number of hydrogen-bond donors (Lipinski definition) is 2. The molecule has 0 unspecified atom stereocenters. The number of nitrogens with one attached hydrogen (secondary N) is 2. The number of aromatic nitrogens is 2. The molecule has 9 nitrogen and oxygen atoms in total. The maximum Gasteiger partial charge on any atom is 0.494 e. The molecule has 0 aliphatic carbocycles. The van der Waals surface area contributed by atoms with Gasteiger partial charge in [-0.15, -0.1) is 0 Å². The average molecular weight is 476 g/mol. The van der Waals surface area contributed by atoms with Crippen LogP contribution in [0.4, 0.5) is 10.5 Å². The molecule has 2 amide bonds. The van der Waals surface area contributed by atoms with E-state index in [9.17, 15) is 13.2 Å². The lowest BCUT2D eigenvalue weighted by Crippen LogP contribution is -2.41. The molecule has 1 aliphatic heterocycles. The highest BCUT2D eigenvalue weighted by Gasteiger charge is 2.51. The number of carbonyl (C=O) groups is 1.